The topological polar surface area (TPSA) is 52.1 Å². The van der Waals surface area contributed by atoms with Crippen LogP contribution in [0.3, 0.4) is 0 Å². The van der Waals surface area contributed by atoms with Crippen molar-refractivity contribution in [3.05, 3.63) is 0 Å². The average Bonchev–Trinajstić information content (AvgIpc) is 2.86. The largest absolute Gasteiger partial charge is 0.376 e. The normalized spacial score (nSPS) is 24.4. The van der Waals surface area contributed by atoms with Crippen LogP contribution in [0.5, 0.6) is 0 Å². The molecule has 0 aromatic rings. The van der Waals surface area contributed by atoms with E-state index in [-0.39, 0.29) is 24.0 Å². The Morgan fingerprint density at radius 3 is 2.48 bits per heavy atom. The Labute approximate surface area is 171 Å². The van der Waals surface area contributed by atoms with E-state index >= 15 is 0 Å². The number of guanidine groups is 1. The summed E-state index contributed by atoms with van der Waals surface area (Å²) in [7, 11) is 6.23. The number of nitrogens with zero attached hydrogens (tertiary/aromatic N) is 3. The van der Waals surface area contributed by atoms with E-state index in [1.807, 2.05) is 7.05 Å². The average molecular weight is 467 g/mol. The number of aliphatic imine (C=N–C) groups is 1. The first-order chi connectivity index (χ1) is 11.7. The van der Waals surface area contributed by atoms with Crippen molar-refractivity contribution in [1.82, 2.24) is 20.4 Å². The fourth-order valence-electron chi connectivity index (χ4n) is 3.56. The minimum atomic E-state index is 0. The molecule has 0 aromatic heterocycles. The summed E-state index contributed by atoms with van der Waals surface area (Å²) in [5.41, 5.74) is 0. The molecule has 0 bridgehead atoms. The third kappa shape index (κ3) is 8.88. The number of halogens is 1. The number of hydrogen-bond donors (Lipinski definition) is 2. The molecule has 0 aromatic carbocycles. The third-order valence-corrected chi connectivity index (χ3v) is 5.26. The summed E-state index contributed by atoms with van der Waals surface area (Å²) in [6.45, 7) is 5.88. The lowest BCUT2D eigenvalue weighted by Gasteiger charge is -2.37. The van der Waals surface area contributed by atoms with Crippen molar-refractivity contribution in [3.8, 4) is 0 Å². The maximum atomic E-state index is 6.02. The van der Waals surface area contributed by atoms with Crippen LogP contribution in [0, 0.1) is 0 Å². The van der Waals surface area contributed by atoms with Crippen molar-refractivity contribution in [2.24, 2.45) is 4.99 Å². The number of hydrogen-bond acceptors (Lipinski definition) is 4. The SMILES string of the molecule is CN=C(NCCOC1CCCCCC1)NCC1CN(C)CCN1C.I. The summed E-state index contributed by atoms with van der Waals surface area (Å²) in [5, 5.41) is 6.83. The second-order valence-corrected chi connectivity index (χ2v) is 7.26. The van der Waals surface area contributed by atoms with Gasteiger partial charge in [-0.25, -0.2) is 0 Å². The number of likely N-dealkylation sites (N-methyl/N-ethyl adjacent to an activating group) is 2. The van der Waals surface area contributed by atoms with Gasteiger partial charge in [-0.1, -0.05) is 25.7 Å². The monoisotopic (exact) mass is 467 g/mol. The van der Waals surface area contributed by atoms with Crippen LogP contribution in [0.1, 0.15) is 38.5 Å². The van der Waals surface area contributed by atoms with Gasteiger partial charge in [0.05, 0.1) is 12.7 Å². The molecule has 1 atom stereocenters. The van der Waals surface area contributed by atoms with E-state index in [0.717, 1.165) is 45.3 Å². The van der Waals surface area contributed by atoms with Crippen molar-refractivity contribution in [2.75, 3.05) is 60.5 Å². The molecule has 1 aliphatic carbocycles. The molecule has 2 rings (SSSR count). The van der Waals surface area contributed by atoms with Gasteiger partial charge in [-0.05, 0) is 26.9 Å². The minimum absolute atomic E-state index is 0. The molecule has 0 amide bonds. The van der Waals surface area contributed by atoms with Gasteiger partial charge in [0.1, 0.15) is 0 Å². The zero-order chi connectivity index (χ0) is 17.2. The van der Waals surface area contributed by atoms with Crippen LogP contribution in [0.4, 0.5) is 0 Å². The molecule has 2 N–H and O–H groups in total. The molecule has 0 spiro atoms. The first-order valence-electron chi connectivity index (χ1n) is 9.64. The van der Waals surface area contributed by atoms with Crippen molar-refractivity contribution < 1.29 is 4.74 Å². The molecule has 1 saturated heterocycles. The Hall–Kier alpha value is -0.120. The molecule has 148 valence electrons. The number of nitrogens with one attached hydrogen (secondary N) is 2. The first kappa shape index (κ1) is 22.9. The maximum Gasteiger partial charge on any atom is 0.191 e. The van der Waals surface area contributed by atoms with Crippen LogP contribution >= 0.6 is 24.0 Å². The fourth-order valence-corrected chi connectivity index (χ4v) is 3.56. The highest BCUT2D eigenvalue weighted by Crippen LogP contribution is 2.19. The fraction of sp³-hybridized carbons (Fsp3) is 0.944. The Morgan fingerprint density at radius 1 is 1.08 bits per heavy atom. The summed E-state index contributed by atoms with van der Waals surface area (Å²) in [6.07, 6.45) is 8.33. The van der Waals surface area contributed by atoms with Gasteiger partial charge in [-0.15, -0.1) is 24.0 Å². The molecule has 25 heavy (non-hydrogen) atoms. The molecule has 1 aliphatic heterocycles. The van der Waals surface area contributed by atoms with Gasteiger partial charge in [0.2, 0.25) is 0 Å². The van der Waals surface area contributed by atoms with E-state index < -0.39 is 0 Å². The van der Waals surface area contributed by atoms with Gasteiger partial charge < -0.3 is 20.3 Å². The van der Waals surface area contributed by atoms with Crippen molar-refractivity contribution in [1.29, 1.82) is 0 Å². The molecule has 7 heteroatoms. The Kier molecular flexibility index (Phi) is 12.0. The zero-order valence-electron chi connectivity index (χ0n) is 16.3. The lowest BCUT2D eigenvalue weighted by atomic mass is 10.1. The van der Waals surface area contributed by atoms with Gasteiger partial charge >= 0.3 is 0 Å². The smallest absolute Gasteiger partial charge is 0.191 e. The predicted molar refractivity (Wildman–Crippen MR) is 116 cm³/mol. The third-order valence-electron chi connectivity index (χ3n) is 5.26. The molecule has 6 nitrogen and oxygen atoms in total. The van der Waals surface area contributed by atoms with Crippen molar-refractivity contribution in [2.45, 2.75) is 50.7 Å². The van der Waals surface area contributed by atoms with Crippen LogP contribution in [-0.4, -0.2) is 88.4 Å². The van der Waals surface area contributed by atoms with Crippen LogP contribution < -0.4 is 10.6 Å². The number of ether oxygens (including phenoxy) is 1. The number of piperazine rings is 1. The van der Waals surface area contributed by atoms with Gasteiger partial charge in [0.25, 0.3) is 0 Å². The maximum absolute atomic E-state index is 6.02. The molecule has 2 fully saturated rings. The Balaban J connectivity index is 0.00000312. The summed E-state index contributed by atoms with van der Waals surface area (Å²) in [6, 6.07) is 0.532. The van der Waals surface area contributed by atoms with Gasteiger partial charge in [0, 0.05) is 45.8 Å². The summed E-state index contributed by atoms with van der Waals surface area (Å²) in [5.74, 6) is 0.876. The van der Waals surface area contributed by atoms with Crippen molar-refractivity contribution in [3.63, 3.8) is 0 Å². The molecule has 1 heterocycles. The van der Waals surface area contributed by atoms with Crippen LogP contribution in [0.15, 0.2) is 4.99 Å². The summed E-state index contributed by atoms with van der Waals surface area (Å²) in [4.78, 5) is 9.14. The first-order valence-corrected chi connectivity index (χ1v) is 9.64. The molecule has 1 saturated carbocycles. The molecule has 1 unspecified atom stereocenters. The van der Waals surface area contributed by atoms with Gasteiger partial charge in [-0.2, -0.15) is 0 Å². The highest BCUT2D eigenvalue weighted by atomic mass is 127. The molecular weight excluding hydrogens is 429 g/mol. The second kappa shape index (κ2) is 13.1. The molecule has 2 aliphatic rings. The van der Waals surface area contributed by atoms with E-state index in [0.29, 0.717) is 12.1 Å². The van der Waals surface area contributed by atoms with E-state index in [2.05, 4.69) is 39.5 Å². The van der Waals surface area contributed by atoms with Crippen LogP contribution in [0.2, 0.25) is 0 Å². The summed E-state index contributed by atoms with van der Waals surface area (Å²) >= 11 is 0. The Bertz CT molecular complexity index is 374. The van der Waals surface area contributed by atoms with Gasteiger partial charge in [0.15, 0.2) is 5.96 Å². The summed E-state index contributed by atoms with van der Waals surface area (Å²) < 4.78 is 6.02. The Morgan fingerprint density at radius 2 is 1.80 bits per heavy atom. The lowest BCUT2D eigenvalue weighted by molar-refractivity contribution is 0.0467. The molecule has 0 radical (unpaired) electrons. The highest BCUT2D eigenvalue weighted by molar-refractivity contribution is 14.0. The van der Waals surface area contributed by atoms with E-state index in [1.54, 1.807) is 0 Å². The zero-order valence-corrected chi connectivity index (χ0v) is 18.6. The van der Waals surface area contributed by atoms with E-state index in [1.165, 1.54) is 38.5 Å². The molecular formula is C18H38IN5O. The lowest BCUT2D eigenvalue weighted by Crippen LogP contribution is -2.55. The number of rotatable bonds is 6. The second-order valence-electron chi connectivity index (χ2n) is 7.26. The van der Waals surface area contributed by atoms with Crippen LogP contribution in [0.25, 0.3) is 0 Å². The van der Waals surface area contributed by atoms with Gasteiger partial charge in [-0.3, -0.25) is 9.89 Å². The van der Waals surface area contributed by atoms with Crippen molar-refractivity contribution >= 4 is 29.9 Å². The standard InChI is InChI=1S/C18H37N5O.HI/c1-19-18(21-14-16-15-22(2)11-12-23(16)3)20-10-13-24-17-8-6-4-5-7-9-17;/h16-17H,4-15H2,1-3H3,(H2,19,20,21);1H. The minimum Gasteiger partial charge on any atom is -0.376 e. The quantitative estimate of drug-likeness (QED) is 0.205. The van der Waals surface area contributed by atoms with E-state index in [9.17, 15) is 0 Å². The van der Waals surface area contributed by atoms with E-state index in [4.69, 9.17) is 4.74 Å². The highest BCUT2D eigenvalue weighted by Gasteiger charge is 2.22. The predicted octanol–water partition coefficient (Wildman–Crippen LogP) is 1.75. The van der Waals surface area contributed by atoms with Crippen LogP contribution in [-0.2, 0) is 4.74 Å².